The lowest BCUT2D eigenvalue weighted by molar-refractivity contribution is -0.132. The van der Waals surface area contributed by atoms with Gasteiger partial charge in [-0.25, -0.2) is 0 Å². The molecule has 24 heavy (non-hydrogen) atoms. The molecular formula is C21H28N2O. The number of aryl methyl sites for hydroxylation is 1. The number of carbonyl (C=O) groups excluding carboxylic acids is 1. The number of nitrogens with zero attached hydrogens (tertiary/aromatic N) is 1. The molecule has 1 unspecified atom stereocenters. The molecule has 1 aliphatic rings. The van der Waals surface area contributed by atoms with Crippen LogP contribution < -0.4 is 5.32 Å². The second kappa shape index (κ2) is 7.69. The largest absolute Gasteiger partial charge is 0.352 e. The molecule has 0 bridgehead atoms. The number of hydrogen-bond donors (Lipinski definition) is 1. The van der Waals surface area contributed by atoms with Crippen molar-refractivity contribution in [2.75, 3.05) is 0 Å². The second-order valence-corrected chi connectivity index (χ2v) is 7.08. The second-order valence-electron chi connectivity index (χ2n) is 7.08. The predicted molar refractivity (Wildman–Crippen MR) is 97.9 cm³/mol. The Morgan fingerprint density at radius 2 is 1.75 bits per heavy atom. The first-order chi connectivity index (χ1) is 11.7. The van der Waals surface area contributed by atoms with Gasteiger partial charge in [0.2, 0.25) is 5.91 Å². The van der Waals surface area contributed by atoms with E-state index in [-0.39, 0.29) is 17.5 Å². The van der Waals surface area contributed by atoms with E-state index in [1.807, 2.05) is 30.6 Å². The highest BCUT2D eigenvalue weighted by molar-refractivity contribution is 5.84. The van der Waals surface area contributed by atoms with Crippen molar-refractivity contribution in [2.45, 2.75) is 63.5 Å². The molecule has 1 N–H and O–H groups in total. The molecule has 1 amide bonds. The summed E-state index contributed by atoms with van der Waals surface area (Å²) in [4.78, 5) is 13.1. The van der Waals surface area contributed by atoms with Crippen LogP contribution in [0.2, 0.25) is 0 Å². The van der Waals surface area contributed by atoms with Gasteiger partial charge in [-0.1, -0.05) is 49.6 Å². The summed E-state index contributed by atoms with van der Waals surface area (Å²) >= 11 is 0. The molecule has 2 aromatic rings. The van der Waals surface area contributed by atoms with E-state index in [9.17, 15) is 4.79 Å². The summed E-state index contributed by atoms with van der Waals surface area (Å²) in [6.45, 7) is 2.12. The zero-order valence-electron chi connectivity index (χ0n) is 14.6. The molecule has 1 aromatic carbocycles. The zero-order valence-corrected chi connectivity index (χ0v) is 14.6. The van der Waals surface area contributed by atoms with Crippen molar-refractivity contribution in [2.24, 2.45) is 0 Å². The lowest BCUT2D eigenvalue weighted by Gasteiger charge is -2.38. The number of carbonyl (C=O) groups is 1. The van der Waals surface area contributed by atoms with Gasteiger partial charge in [-0.2, -0.15) is 0 Å². The van der Waals surface area contributed by atoms with Crippen molar-refractivity contribution in [1.29, 1.82) is 0 Å². The minimum absolute atomic E-state index is 0.187. The van der Waals surface area contributed by atoms with Crippen molar-refractivity contribution in [3.8, 4) is 0 Å². The maximum Gasteiger partial charge on any atom is 0.246 e. The summed E-state index contributed by atoms with van der Waals surface area (Å²) < 4.78 is 2.13. The van der Waals surface area contributed by atoms with Gasteiger partial charge in [-0.15, -0.1) is 0 Å². The molecule has 3 rings (SSSR count). The predicted octanol–water partition coefficient (Wildman–Crippen LogP) is 4.29. The van der Waals surface area contributed by atoms with Gasteiger partial charge in [0.05, 0.1) is 0 Å². The first-order valence-electron chi connectivity index (χ1n) is 9.19. The van der Waals surface area contributed by atoms with Crippen LogP contribution >= 0.6 is 0 Å². The molecule has 0 radical (unpaired) electrons. The zero-order chi connectivity index (χ0) is 16.8. The van der Waals surface area contributed by atoms with Crippen LogP contribution in [0.1, 0.15) is 51.0 Å². The van der Waals surface area contributed by atoms with E-state index in [2.05, 4.69) is 41.1 Å². The summed E-state index contributed by atoms with van der Waals surface area (Å²) in [5.41, 5.74) is 0.944. The van der Waals surface area contributed by atoms with E-state index in [1.165, 1.54) is 12.0 Å². The highest BCUT2D eigenvalue weighted by atomic mass is 16.2. The third kappa shape index (κ3) is 3.72. The standard InChI is InChI=1S/C21H28N2O/c1-18(12-13-19-10-4-2-5-11-19)22-20(24)21(14-6-3-7-15-21)23-16-8-9-17-23/h2,4-5,8-11,16-18H,3,6-7,12-15H2,1H3,(H,22,24). The SMILES string of the molecule is CC(CCc1ccccc1)NC(=O)C1(n2cccc2)CCCCC1. The normalized spacial score (nSPS) is 18.0. The maximum atomic E-state index is 13.1. The first kappa shape index (κ1) is 16.8. The number of benzene rings is 1. The third-order valence-corrected chi connectivity index (χ3v) is 5.29. The molecule has 1 atom stereocenters. The highest BCUT2D eigenvalue weighted by Crippen LogP contribution is 2.35. The fourth-order valence-electron chi connectivity index (χ4n) is 3.82. The molecule has 3 heteroatoms. The molecule has 0 aliphatic heterocycles. The quantitative estimate of drug-likeness (QED) is 0.845. The van der Waals surface area contributed by atoms with Crippen LogP contribution in [-0.4, -0.2) is 16.5 Å². The van der Waals surface area contributed by atoms with Gasteiger partial charge in [0, 0.05) is 18.4 Å². The van der Waals surface area contributed by atoms with Crippen molar-refractivity contribution in [3.05, 3.63) is 60.4 Å². The molecule has 1 heterocycles. The Hall–Kier alpha value is -2.03. The minimum atomic E-state index is -0.386. The summed E-state index contributed by atoms with van der Waals surface area (Å²) in [5.74, 6) is 0.193. The van der Waals surface area contributed by atoms with Gasteiger partial charge in [0.15, 0.2) is 0 Å². The van der Waals surface area contributed by atoms with E-state index < -0.39 is 0 Å². The van der Waals surface area contributed by atoms with Crippen molar-refractivity contribution < 1.29 is 4.79 Å². The van der Waals surface area contributed by atoms with E-state index in [4.69, 9.17) is 0 Å². The third-order valence-electron chi connectivity index (χ3n) is 5.29. The number of nitrogens with one attached hydrogen (secondary N) is 1. The lowest BCUT2D eigenvalue weighted by atomic mass is 9.80. The van der Waals surface area contributed by atoms with E-state index >= 15 is 0 Å². The summed E-state index contributed by atoms with van der Waals surface area (Å²) in [6.07, 6.45) is 11.4. The van der Waals surface area contributed by atoms with Crippen LogP contribution in [0.4, 0.5) is 0 Å². The number of hydrogen-bond acceptors (Lipinski definition) is 1. The van der Waals surface area contributed by atoms with E-state index in [1.54, 1.807) is 0 Å². The van der Waals surface area contributed by atoms with Gasteiger partial charge in [-0.3, -0.25) is 4.79 Å². The van der Waals surface area contributed by atoms with Crippen LogP contribution in [0.25, 0.3) is 0 Å². The van der Waals surface area contributed by atoms with Crippen LogP contribution in [-0.2, 0) is 16.8 Å². The van der Waals surface area contributed by atoms with Gasteiger partial charge in [0.1, 0.15) is 5.54 Å². The summed E-state index contributed by atoms with van der Waals surface area (Å²) in [6, 6.07) is 14.7. The number of aromatic nitrogens is 1. The van der Waals surface area contributed by atoms with Crippen LogP contribution in [0, 0.1) is 0 Å². The smallest absolute Gasteiger partial charge is 0.246 e. The molecule has 128 valence electrons. The van der Waals surface area contributed by atoms with Gasteiger partial charge in [-0.05, 0) is 50.3 Å². The summed E-state index contributed by atoms with van der Waals surface area (Å²) in [5, 5.41) is 3.29. The van der Waals surface area contributed by atoms with E-state index in [0.29, 0.717) is 0 Å². The van der Waals surface area contributed by atoms with Crippen molar-refractivity contribution in [3.63, 3.8) is 0 Å². The average molecular weight is 324 g/mol. The van der Waals surface area contributed by atoms with Crippen molar-refractivity contribution in [1.82, 2.24) is 9.88 Å². The molecule has 1 saturated carbocycles. The number of rotatable bonds is 6. The van der Waals surface area contributed by atoms with Gasteiger partial charge in [0.25, 0.3) is 0 Å². The van der Waals surface area contributed by atoms with Gasteiger partial charge >= 0.3 is 0 Å². The fourth-order valence-corrected chi connectivity index (χ4v) is 3.82. The Morgan fingerprint density at radius 1 is 1.08 bits per heavy atom. The molecule has 0 spiro atoms. The lowest BCUT2D eigenvalue weighted by Crippen LogP contribution is -2.51. The van der Waals surface area contributed by atoms with Crippen LogP contribution in [0.15, 0.2) is 54.9 Å². The Bertz CT molecular complexity index is 627. The topological polar surface area (TPSA) is 34.0 Å². The maximum absolute atomic E-state index is 13.1. The van der Waals surface area contributed by atoms with E-state index in [0.717, 1.165) is 38.5 Å². The average Bonchev–Trinajstić information content (AvgIpc) is 3.16. The molecule has 0 saturated heterocycles. The monoisotopic (exact) mass is 324 g/mol. The van der Waals surface area contributed by atoms with Crippen molar-refractivity contribution >= 4 is 5.91 Å². The Labute approximate surface area is 145 Å². The molecule has 1 aromatic heterocycles. The van der Waals surface area contributed by atoms with Crippen LogP contribution in [0.5, 0.6) is 0 Å². The fraction of sp³-hybridized carbons (Fsp3) is 0.476. The summed E-state index contributed by atoms with van der Waals surface area (Å²) in [7, 11) is 0. The molecule has 3 nitrogen and oxygen atoms in total. The van der Waals surface area contributed by atoms with Gasteiger partial charge < -0.3 is 9.88 Å². The molecular weight excluding hydrogens is 296 g/mol. The molecule has 1 aliphatic carbocycles. The highest BCUT2D eigenvalue weighted by Gasteiger charge is 2.40. The minimum Gasteiger partial charge on any atom is -0.352 e. The first-order valence-corrected chi connectivity index (χ1v) is 9.19. The molecule has 1 fully saturated rings. The Balaban J connectivity index is 1.63. The Kier molecular flexibility index (Phi) is 5.39. The number of amides is 1. The van der Waals surface area contributed by atoms with Crippen LogP contribution in [0.3, 0.4) is 0 Å². The Morgan fingerprint density at radius 3 is 2.42 bits per heavy atom.